The van der Waals surface area contributed by atoms with E-state index >= 15 is 0 Å². The van der Waals surface area contributed by atoms with E-state index in [1.165, 1.54) is 24.5 Å². The van der Waals surface area contributed by atoms with E-state index in [1.54, 1.807) is 17.0 Å². The van der Waals surface area contributed by atoms with Crippen molar-refractivity contribution in [3.05, 3.63) is 54.3 Å². The molecule has 3 amide bonds. The van der Waals surface area contributed by atoms with Crippen LogP contribution in [0, 0.1) is 5.82 Å². The van der Waals surface area contributed by atoms with Crippen LogP contribution in [0.4, 0.5) is 14.9 Å². The summed E-state index contributed by atoms with van der Waals surface area (Å²) >= 11 is 0. The Labute approximate surface area is 173 Å². The number of piperazine rings is 1. The van der Waals surface area contributed by atoms with Crippen molar-refractivity contribution in [2.45, 2.75) is 19.1 Å². The third-order valence-corrected chi connectivity index (χ3v) is 5.13. The molecule has 0 spiro atoms. The summed E-state index contributed by atoms with van der Waals surface area (Å²) in [4.78, 5) is 27.7. The molecule has 0 aromatic heterocycles. The number of carbonyl (C=O) groups excluding carboxylic acids is 2. The smallest absolute Gasteiger partial charge is 0.318 e. The maximum Gasteiger partial charge on any atom is 0.318 e. The highest BCUT2D eigenvalue weighted by Crippen LogP contribution is 2.24. The number of amides is 3. The zero-order valence-corrected chi connectivity index (χ0v) is 16.6. The van der Waals surface area contributed by atoms with Crippen LogP contribution in [0.1, 0.15) is 6.92 Å². The minimum absolute atomic E-state index is 0.269. The zero-order chi connectivity index (χ0) is 21.7. The number of hydrogen-bond donors (Lipinski definition) is 4. The fraction of sp³-hybridized carbons (Fsp3) is 0.333. The minimum atomic E-state index is -1.24. The highest BCUT2D eigenvalue weighted by Gasteiger charge is 2.29. The molecule has 0 radical (unpaired) electrons. The van der Waals surface area contributed by atoms with E-state index < -0.39 is 24.1 Å². The molecule has 0 aliphatic carbocycles. The molecule has 1 aliphatic rings. The largest absolute Gasteiger partial charge is 0.391 e. The molecular weight excluding hydrogens is 391 g/mol. The Hall–Kier alpha value is -3.17. The van der Waals surface area contributed by atoms with Crippen LogP contribution in [0.3, 0.4) is 0 Å². The van der Waals surface area contributed by atoms with Crippen LogP contribution in [0.5, 0.6) is 0 Å². The molecule has 1 fully saturated rings. The second-order valence-electron chi connectivity index (χ2n) is 7.17. The Morgan fingerprint density at radius 1 is 0.967 bits per heavy atom. The van der Waals surface area contributed by atoms with Crippen molar-refractivity contribution < 1.29 is 24.3 Å². The molecule has 30 heavy (non-hydrogen) atoms. The highest BCUT2D eigenvalue weighted by molar-refractivity contribution is 5.87. The van der Waals surface area contributed by atoms with E-state index in [1.807, 2.05) is 24.3 Å². The number of benzene rings is 2. The maximum atomic E-state index is 13.1. The Kier molecular flexibility index (Phi) is 6.86. The Bertz CT molecular complexity index is 866. The molecule has 2 aromatic carbocycles. The van der Waals surface area contributed by atoms with Crippen molar-refractivity contribution in [3.8, 4) is 11.1 Å². The molecule has 8 nitrogen and oxygen atoms in total. The fourth-order valence-electron chi connectivity index (χ4n) is 3.37. The molecule has 0 unspecified atom stereocenters. The van der Waals surface area contributed by atoms with Crippen LogP contribution in [-0.4, -0.2) is 65.5 Å². The number of aliphatic hydroxyl groups is 1. The quantitative estimate of drug-likeness (QED) is 0.438. The van der Waals surface area contributed by atoms with Gasteiger partial charge in [0.2, 0.25) is 0 Å². The molecule has 3 rings (SSSR count). The molecule has 9 heteroatoms. The first kappa shape index (κ1) is 21.5. The second-order valence-corrected chi connectivity index (χ2v) is 7.17. The summed E-state index contributed by atoms with van der Waals surface area (Å²) < 4.78 is 13.1. The zero-order valence-electron chi connectivity index (χ0n) is 16.6. The highest BCUT2D eigenvalue weighted by atomic mass is 19.1. The molecule has 160 valence electrons. The van der Waals surface area contributed by atoms with Gasteiger partial charge in [-0.05, 0) is 42.3 Å². The van der Waals surface area contributed by atoms with Gasteiger partial charge in [0.25, 0.3) is 5.91 Å². The average molecular weight is 416 g/mol. The summed E-state index contributed by atoms with van der Waals surface area (Å²) in [6, 6.07) is 12.5. The monoisotopic (exact) mass is 416 g/mol. The van der Waals surface area contributed by atoms with E-state index in [0.717, 1.165) is 16.8 Å². The van der Waals surface area contributed by atoms with Crippen LogP contribution in [0.15, 0.2) is 48.5 Å². The lowest BCUT2D eigenvalue weighted by Gasteiger charge is -2.36. The number of urea groups is 1. The Balaban J connectivity index is 1.56. The van der Waals surface area contributed by atoms with Crippen LogP contribution >= 0.6 is 0 Å². The topological polar surface area (TPSA) is 105 Å². The first-order valence-electron chi connectivity index (χ1n) is 9.67. The van der Waals surface area contributed by atoms with Gasteiger partial charge in [0.15, 0.2) is 0 Å². The Morgan fingerprint density at radius 3 is 2.00 bits per heavy atom. The number of anilines is 1. The fourth-order valence-corrected chi connectivity index (χ4v) is 3.37. The Morgan fingerprint density at radius 2 is 1.50 bits per heavy atom. The lowest BCUT2D eigenvalue weighted by molar-refractivity contribution is -0.133. The van der Waals surface area contributed by atoms with Crippen molar-refractivity contribution in [3.63, 3.8) is 0 Å². The van der Waals surface area contributed by atoms with E-state index in [-0.39, 0.29) is 5.82 Å². The van der Waals surface area contributed by atoms with Gasteiger partial charge in [-0.25, -0.2) is 14.7 Å². The number of nitrogens with one attached hydrogen (secondary N) is 2. The molecule has 2 atom stereocenters. The summed E-state index contributed by atoms with van der Waals surface area (Å²) in [6.07, 6.45) is -1.15. The summed E-state index contributed by atoms with van der Waals surface area (Å²) in [5, 5.41) is 20.8. The number of hydrogen-bond acceptors (Lipinski definition) is 5. The molecule has 0 saturated carbocycles. The van der Waals surface area contributed by atoms with E-state index in [2.05, 4.69) is 10.2 Å². The SMILES string of the molecule is C[C@H](O)[C@@H](NC(=O)N1CCN(c2ccc(-c3ccc(F)cc3)cc2)CC1)C(=O)NO. The van der Waals surface area contributed by atoms with Gasteiger partial charge >= 0.3 is 6.03 Å². The van der Waals surface area contributed by atoms with Crippen LogP contribution in [-0.2, 0) is 4.79 Å². The van der Waals surface area contributed by atoms with Crippen molar-refractivity contribution >= 4 is 17.6 Å². The van der Waals surface area contributed by atoms with E-state index in [0.29, 0.717) is 26.2 Å². The molecule has 0 bridgehead atoms. The number of hydroxylamine groups is 1. The van der Waals surface area contributed by atoms with E-state index in [9.17, 15) is 19.1 Å². The van der Waals surface area contributed by atoms with Gasteiger partial charge in [-0.15, -0.1) is 0 Å². The lowest BCUT2D eigenvalue weighted by atomic mass is 10.1. The van der Waals surface area contributed by atoms with Crippen molar-refractivity contribution in [1.82, 2.24) is 15.7 Å². The number of nitrogens with zero attached hydrogens (tertiary/aromatic N) is 2. The first-order chi connectivity index (χ1) is 14.4. The van der Waals surface area contributed by atoms with E-state index in [4.69, 9.17) is 5.21 Å². The molecule has 4 N–H and O–H groups in total. The van der Waals surface area contributed by atoms with Crippen LogP contribution < -0.4 is 15.7 Å². The number of aliphatic hydroxyl groups excluding tert-OH is 1. The number of halogens is 1. The van der Waals surface area contributed by atoms with Gasteiger partial charge in [0.05, 0.1) is 6.10 Å². The standard InChI is InChI=1S/C21H25FN4O4/c1-14(27)19(20(28)24-30)23-21(29)26-12-10-25(11-13-26)18-8-4-16(5-9-18)15-2-6-17(22)7-3-15/h2-9,14,19,27,30H,10-13H2,1H3,(H,23,29)(H,24,28)/t14-,19+/m0/s1. The first-order valence-corrected chi connectivity index (χ1v) is 9.67. The average Bonchev–Trinajstić information content (AvgIpc) is 2.77. The van der Waals surface area contributed by atoms with Gasteiger partial charge in [0, 0.05) is 31.9 Å². The third kappa shape index (κ3) is 5.05. The number of rotatable bonds is 5. The van der Waals surface area contributed by atoms with Crippen molar-refractivity contribution in [1.29, 1.82) is 0 Å². The summed E-state index contributed by atoms with van der Waals surface area (Å²) in [6.45, 7) is 3.45. The van der Waals surface area contributed by atoms with Crippen LogP contribution in [0.25, 0.3) is 11.1 Å². The molecular formula is C21H25FN4O4. The lowest BCUT2D eigenvalue weighted by Crippen LogP contribution is -2.58. The molecule has 1 heterocycles. The van der Waals surface area contributed by atoms with Gasteiger partial charge < -0.3 is 20.2 Å². The van der Waals surface area contributed by atoms with Gasteiger partial charge in [-0.2, -0.15) is 0 Å². The van der Waals surface area contributed by atoms with Crippen molar-refractivity contribution in [2.75, 3.05) is 31.1 Å². The van der Waals surface area contributed by atoms with Gasteiger partial charge in [-0.3, -0.25) is 10.0 Å². The molecule has 1 aliphatic heterocycles. The predicted octanol–water partition coefficient (Wildman–Crippen LogP) is 1.58. The normalized spacial score (nSPS) is 16.0. The molecule has 1 saturated heterocycles. The van der Waals surface area contributed by atoms with Gasteiger partial charge in [0.1, 0.15) is 11.9 Å². The predicted molar refractivity (Wildman–Crippen MR) is 110 cm³/mol. The van der Waals surface area contributed by atoms with Crippen LogP contribution in [0.2, 0.25) is 0 Å². The van der Waals surface area contributed by atoms with Crippen molar-refractivity contribution in [2.24, 2.45) is 0 Å². The third-order valence-electron chi connectivity index (χ3n) is 5.13. The maximum absolute atomic E-state index is 13.1. The second kappa shape index (κ2) is 9.55. The number of carbonyl (C=O) groups is 2. The minimum Gasteiger partial charge on any atom is -0.391 e. The summed E-state index contributed by atoms with van der Waals surface area (Å²) in [5.41, 5.74) is 4.38. The summed E-state index contributed by atoms with van der Waals surface area (Å²) in [5.74, 6) is -1.15. The summed E-state index contributed by atoms with van der Waals surface area (Å²) in [7, 11) is 0. The molecule has 2 aromatic rings. The van der Waals surface area contributed by atoms with Gasteiger partial charge in [-0.1, -0.05) is 24.3 Å².